The van der Waals surface area contributed by atoms with Crippen LogP contribution < -0.4 is 10.5 Å². The van der Waals surface area contributed by atoms with Gasteiger partial charge in [0.2, 0.25) is 5.88 Å². The van der Waals surface area contributed by atoms with E-state index in [1.807, 2.05) is 0 Å². The van der Waals surface area contributed by atoms with Gasteiger partial charge in [-0.15, -0.1) is 0 Å². The molecule has 0 saturated carbocycles. The first-order chi connectivity index (χ1) is 9.11. The molecule has 1 heterocycles. The molecule has 1 aromatic heterocycles. The summed E-state index contributed by atoms with van der Waals surface area (Å²) in [6.45, 7) is 0.246. The minimum absolute atomic E-state index is 0.107. The van der Waals surface area contributed by atoms with E-state index in [-0.39, 0.29) is 28.9 Å². The number of rotatable bonds is 4. The third-order valence-corrected chi connectivity index (χ3v) is 2.71. The Bertz CT molecular complexity index is 619. The van der Waals surface area contributed by atoms with Crippen molar-refractivity contribution in [3.8, 4) is 11.6 Å². The van der Waals surface area contributed by atoms with Gasteiger partial charge in [-0.05, 0) is 12.1 Å². The molecule has 0 fully saturated rings. The van der Waals surface area contributed by atoms with Crippen LogP contribution in [0.5, 0.6) is 11.6 Å². The number of aromatic nitrogens is 1. The van der Waals surface area contributed by atoms with Crippen LogP contribution in [0.15, 0.2) is 36.5 Å². The molecule has 1 aromatic carbocycles. The van der Waals surface area contributed by atoms with E-state index in [0.717, 1.165) is 0 Å². The summed E-state index contributed by atoms with van der Waals surface area (Å²) in [7, 11) is 0. The zero-order valence-corrected chi connectivity index (χ0v) is 10.5. The van der Waals surface area contributed by atoms with Crippen molar-refractivity contribution >= 4 is 17.3 Å². The second-order valence-corrected chi connectivity index (χ2v) is 4.05. The van der Waals surface area contributed by atoms with Crippen LogP contribution in [0.4, 0.5) is 5.69 Å². The SMILES string of the molecule is NCc1cccnc1Oc1cc([N+](=O)[O-])ccc1Cl. The second kappa shape index (κ2) is 5.64. The maximum Gasteiger partial charge on any atom is 0.273 e. The standard InChI is InChI=1S/C12H10ClN3O3/c13-10-4-3-9(16(17)18)6-11(10)19-12-8(7-14)2-1-5-15-12/h1-6H,7,14H2. The summed E-state index contributed by atoms with van der Waals surface area (Å²) in [5.41, 5.74) is 6.14. The summed E-state index contributed by atoms with van der Waals surface area (Å²) in [6.07, 6.45) is 1.54. The number of nitro groups is 1. The first-order valence-corrected chi connectivity index (χ1v) is 5.75. The van der Waals surface area contributed by atoms with Crippen LogP contribution in [0.3, 0.4) is 0 Å². The quantitative estimate of drug-likeness (QED) is 0.686. The molecule has 0 atom stereocenters. The van der Waals surface area contributed by atoms with Gasteiger partial charge in [0, 0.05) is 24.4 Å². The predicted octanol–water partition coefficient (Wildman–Crippen LogP) is 2.89. The normalized spacial score (nSPS) is 10.2. The van der Waals surface area contributed by atoms with Crippen molar-refractivity contribution in [1.29, 1.82) is 0 Å². The van der Waals surface area contributed by atoms with Crippen molar-refractivity contribution in [2.45, 2.75) is 6.54 Å². The average molecular weight is 280 g/mol. The molecule has 0 aliphatic carbocycles. The van der Waals surface area contributed by atoms with E-state index in [4.69, 9.17) is 22.1 Å². The first-order valence-electron chi connectivity index (χ1n) is 5.37. The summed E-state index contributed by atoms with van der Waals surface area (Å²) in [5.74, 6) is 0.455. The van der Waals surface area contributed by atoms with E-state index in [2.05, 4.69) is 4.98 Å². The van der Waals surface area contributed by atoms with Gasteiger partial charge < -0.3 is 10.5 Å². The Morgan fingerprint density at radius 1 is 1.42 bits per heavy atom. The van der Waals surface area contributed by atoms with Crippen LogP contribution in [-0.4, -0.2) is 9.91 Å². The van der Waals surface area contributed by atoms with Crippen LogP contribution in [0.25, 0.3) is 0 Å². The molecule has 0 aliphatic heterocycles. The Morgan fingerprint density at radius 3 is 2.89 bits per heavy atom. The van der Waals surface area contributed by atoms with E-state index in [1.54, 1.807) is 18.3 Å². The lowest BCUT2D eigenvalue weighted by Crippen LogP contribution is -2.01. The molecule has 98 valence electrons. The Hall–Kier alpha value is -2.18. The van der Waals surface area contributed by atoms with Gasteiger partial charge in [0.05, 0.1) is 16.0 Å². The summed E-state index contributed by atoms with van der Waals surface area (Å²) in [5, 5.41) is 11.0. The van der Waals surface area contributed by atoms with Crippen LogP contribution in [-0.2, 0) is 6.54 Å². The average Bonchev–Trinajstić information content (AvgIpc) is 2.41. The Labute approximate surface area is 113 Å². The predicted molar refractivity (Wildman–Crippen MR) is 70.3 cm³/mol. The highest BCUT2D eigenvalue weighted by molar-refractivity contribution is 6.32. The van der Waals surface area contributed by atoms with Gasteiger partial charge in [-0.3, -0.25) is 10.1 Å². The topological polar surface area (TPSA) is 91.3 Å². The number of hydrogen-bond acceptors (Lipinski definition) is 5. The molecular formula is C12H10ClN3O3. The molecule has 0 aliphatic rings. The van der Waals surface area contributed by atoms with E-state index < -0.39 is 4.92 Å². The van der Waals surface area contributed by atoms with Gasteiger partial charge in [-0.2, -0.15) is 0 Å². The smallest absolute Gasteiger partial charge is 0.273 e. The molecule has 0 bridgehead atoms. The third kappa shape index (κ3) is 2.98. The highest BCUT2D eigenvalue weighted by atomic mass is 35.5. The summed E-state index contributed by atoms with van der Waals surface area (Å²) in [4.78, 5) is 14.2. The van der Waals surface area contributed by atoms with Crippen molar-refractivity contribution in [3.05, 3.63) is 57.2 Å². The van der Waals surface area contributed by atoms with Crippen molar-refractivity contribution in [1.82, 2.24) is 4.98 Å². The fourth-order valence-electron chi connectivity index (χ4n) is 1.46. The molecule has 19 heavy (non-hydrogen) atoms. The van der Waals surface area contributed by atoms with Gasteiger partial charge in [0.25, 0.3) is 5.69 Å². The van der Waals surface area contributed by atoms with Crippen LogP contribution in [0.2, 0.25) is 5.02 Å². The first kappa shape index (κ1) is 13.3. The number of nitrogens with two attached hydrogens (primary N) is 1. The highest BCUT2D eigenvalue weighted by Gasteiger charge is 2.13. The van der Waals surface area contributed by atoms with Gasteiger partial charge in [-0.1, -0.05) is 17.7 Å². The largest absolute Gasteiger partial charge is 0.437 e. The van der Waals surface area contributed by atoms with Crippen LogP contribution in [0, 0.1) is 10.1 Å². The molecular weight excluding hydrogens is 270 g/mol. The van der Waals surface area contributed by atoms with E-state index in [9.17, 15) is 10.1 Å². The molecule has 2 aromatic rings. The maximum absolute atomic E-state index is 10.7. The van der Waals surface area contributed by atoms with Gasteiger partial charge in [-0.25, -0.2) is 4.98 Å². The van der Waals surface area contributed by atoms with Crippen molar-refractivity contribution in [2.75, 3.05) is 0 Å². The fourth-order valence-corrected chi connectivity index (χ4v) is 1.62. The Balaban J connectivity index is 2.37. The monoisotopic (exact) mass is 279 g/mol. The maximum atomic E-state index is 10.7. The highest BCUT2D eigenvalue weighted by Crippen LogP contribution is 2.32. The number of halogens is 1. The molecule has 0 amide bonds. The van der Waals surface area contributed by atoms with Gasteiger partial charge in [0.1, 0.15) is 0 Å². The molecule has 7 heteroatoms. The summed E-state index contributed by atoms with van der Waals surface area (Å²) >= 11 is 5.94. The summed E-state index contributed by atoms with van der Waals surface area (Å²) < 4.78 is 5.49. The lowest BCUT2D eigenvalue weighted by Gasteiger charge is -2.09. The van der Waals surface area contributed by atoms with Crippen molar-refractivity contribution in [2.24, 2.45) is 5.73 Å². The minimum atomic E-state index is -0.522. The van der Waals surface area contributed by atoms with Crippen molar-refractivity contribution < 1.29 is 9.66 Å². The molecule has 0 saturated heterocycles. The molecule has 0 unspecified atom stereocenters. The number of ether oxygens (including phenoxy) is 1. The molecule has 6 nitrogen and oxygen atoms in total. The Kier molecular flexibility index (Phi) is 3.94. The van der Waals surface area contributed by atoms with Gasteiger partial charge in [0.15, 0.2) is 5.75 Å². The zero-order valence-electron chi connectivity index (χ0n) is 9.75. The minimum Gasteiger partial charge on any atom is -0.437 e. The third-order valence-electron chi connectivity index (χ3n) is 2.40. The van der Waals surface area contributed by atoms with E-state index in [1.165, 1.54) is 18.2 Å². The lowest BCUT2D eigenvalue weighted by atomic mass is 10.2. The molecule has 0 radical (unpaired) electrons. The Morgan fingerprint density at radius 2 is 2.21 bits per heavy atom. The van der Waals surface area contributed by atoms with Crippen LogP contribution in [0.1, 0.15) is 5.56 Å². The lowest BCUT2D eigenvalue weighted by molar-refractivity contribution is -0.384. The second-order valence-electron chi connectivity index (χ2n) is 3.65. The number of nitrogens with zero attached hydrogens (tertiary/aromatic N) is 2. The number of pyridine rings is 1. The number of nitro benzene ring substituents is 1. The zero-order chi connectivity index (χ0) is 13.8. The number of benzene rings is 1. The number of hydrogen-bond donors (Lipinski definition) is 1. The fraction of sp³-hybridized carbons (Fsp3) is 0.0833. The molecule has 0 spiro atoms. The van der Waals surface area contributed by atoms with Gasteiger partial charge >= 0.3 is 0 Å². The van der Waals surface area contributed by atoms with E-state index >= 15 is 0 Å². The molecule has 2 N–H and O–H groups in total. The van der Waals surface area contributed by atoms with Crippen molar-refractivity contribution in [3.63, 3.8) is 0 Å². The van der Waals surface area contributed by atoms with Crippen LogP contribution >= 0.6 is 11.6 Å². The van der Waals surface area contributed by atoms with E-state index in [0.29, 0.717) is 5.56 Å². The summed E-state index contributed by atoms with van der Waals surface area (Å²) in [6, 6.07) is 7.44. The molecule has 2 rings (SSSR count). The number of non-ortho nitro benzene ring substituents is 1.